The molecule has 2 heterocycles. The number of phenolic OH excluding ortho intramolecular Hbond substituents is 1. The maximum atomic E-state index is 12.8. The summed E-state index contributed by atoms with van der Waals surface area (Å²) >= 11 is 0. The monoisotopic (exact) mass is 367 g/mol. The molecule has 5 N–H and O–H groups in total. The minimum Gasteiger partial charge on any atom is -0.507 e. The van der Waals surface area contributed by atoms with E-state index in [1.807, 2.05) is 0 Å². The van der Waals surface area contributed by atoms with Gasteiger partial charge in [-0.05, 0) is 38.0 Å². The number of carbonyl (C=O) groups is 1. The van der Waals surface area contributed by atoms with E-state index in [0.29, 0.717) is 11.1 Å². The molecule has 0 aliphatic carbocycles. The number of likely N-dealkylation sites (N-methyl/N-ethyl adjacent to an activating group) is 1. The van der Waals surface area contributed by atoms with Gasteiger partial charge in [-0.2, -0.15) is 0 Å². The fourth-order valence-corrected chi connectivity index (χ4v) is 4.18. The van der Waals surface area contributed by atoms with E-state index in [9.17, 15) is 30.3 Å². The molecule has 0 radical (unpaired) electrons. The summed E-state index contributed by atoms with van der Waals surface area (Å²) in [6, 6.07) is 0.271. The normalized spacial score (nSPS) is 33.5. The number of likely N-dealkylation sites (tertiary alicyclic amines) is 1. The van der Waals surface area contributed by atoms with Crippen LogP contribution in [-0.2, 0) is 10.4 Å². The molecular formula is C18H25NO7. The van der Waals surface area contributed by atoms with Gasteiger partial charge in [0.25, 0.3) is 11.7 Å². The fourth-order valence-electron chi connectivity index (χ4n) is 4.18. The molecule has 1 aromatic rings. The quantitative estimate of drug-likeness (QED) is 0.495. The maximum absolute atomic E-state index is 12.8. The highest BCUT2D eigenvalue weighted by Gasteiger charge is 2.76. The molecule has 1 saturated heterocycles. The van der Waals surface area contributed by atoms with Crippen LogP contribution >= 0.6 is 0 Å². The second-order valence-electron chi connectivity index (χ2n) is 7.45. The molecule has 1 fully saturated rings. The summed E-state index contributed by atoms with van der Waals surface area (Å²) in [6.45, 7) is 6.33. The van der Waals surface area contributed by atoms with E-state index in [2.05, 4.69) is 0 Å². The summed E-state index contributed by atoms with van der Waals surface area (Å²) in [5.74, 6) is -4.11. The fraction of sp³-hybridized carbons (Fsp3) is 0.611. The number of amides is 1. The summed E-state index contributed by atoms with van der Waals surface area (Å²) in [4.78, 5) is 13.8. The van der Waals surface area contributed by atoms with Gasteiger partial charge in [-0.3, -0.25) is 4.79 Å². The number of carbonyl (C=O) groups excluding carboxylic acids is 1. The first-order chi connectivity index (χ1) is 11.9. The Bertz CT molecular complexity index is 777. The van der Waals surface area contributed by atoms with Crippen LogP contribution in [0.5, 0.6) is 11.5 Å². The van der Waals surface area contributed by atoms with E-state index in [1.54, 1.807) is 20.8 Å². The lowest BCUT2D eigenvalue weighted by Crippen LogP contribution is -2.59. The molecule has 0 aromatic heterocycles. The highest BCUT2D eigenvalue weighted by atomic mass is 16.7. The molecule has 0 bridgehead atoms. The Balaban J connectivity index is 2.26. The lowest BCUT2D eigenvalue weighted by Gasteiger charge is -2.33. The number of aliphatic hydroxyl groups is 4. The minimum atomic E-state index is -2.54. The zero-order chi connectivity index (χ0) is 19.8. The molecule has 0 unspecified atom stereocenters. The van der Waals surface area contributed by atoms with Gasteiger partial charge in [-0.1, -0.05) is 6.92 Å². The molecule has 26 heavy (non-hydrogen) atoms. The average Bonchev–Trinajstić information content (AvgIpc) is 2.85. The Labute approximate surface area is 151 Å². The van der Waals surface area contributed by atoms with Crippen molar-refractivity contribution in [3.63, 3.8) is 0 Å². The van der Waals surface area contributed by atoms with Crippen molar-refractivity contribution in [3.05, 3.63) is 22.8 Å². The summed E-state index contributed by atoms with van der Waals surface area (Å²) < 4.78 is 5.58. The van der Waals surface area contributed by atoms with E-state index in [-0.39, 0.29) is 23.0 Å². The number of rotatable bonds is 3. The van der Waals surface area contributed by atoms with Crippen LogP contribution in [0.25, 0.3) is 0 Å². The van der Waals surface area contributed by atoms with Crippen LogP contribution < -0.4 is 4.74 Å². The Kier molecular flexibility index (Phi) is 4.04. The number of phenols is 1. The van der Waals surface area contributed by atoms with Crippen LogP contribution in [0.3, 0.4) is 0 Å². The molecule has 2 aliphatic heterocycles. The molecule has 8 nitrogen and oxygen atoms in total. The number of fused-ring (bicyclic) bond motifs is 3. The Morgan fingerprint density at radius 3 is 2.31 bits per heavy atom. The summed E-state index contributed by atoms with van der Waals surface area (Å²) in [7, 11) is 1.34. The molecule has 0 spiro atoms. The zero-order valence-electron chi connectivity index (χ0n) is 15.4. The van der Waals surface area contributed by atoms with Gasteiger partial charge in [-0.15, -0.1) is 0 Å². The predicted molar refractivity (Wildman–Crippen MR) is 90.7 cm³/mol. The maximum Gasteiger partial charge on any atom is 0.274 e. The standard InChI is InChI=1S/C18H25NO7/c1-7(9(3)20)11-6-12-13(14(22)8(11)2)17(24)16(23)19(5)15(10(4)21)18(17,25)26-12/h6-7,9-10,15,20-22,24-25H,1-5H3/t7-,9-,10-,15+,17-,18+/m1/s1. The molecular weight excluding hydrogens is 342 g/mol. The molecule has 0 saturated carbocycles. The first-order valence-electron chi connectivity index (χ1n) is 8.53. The second kappa shape index (κ2) is 5.56. The van der Waals surface area contributed by atoms with E-state index in [4.69, 9.17) is 4.74 Å². The third kappa shape index (κ3) is 2.01. The third-order valence-electron chi connectivity index (χ3n) is 5.82. The zero-order valence-corrected chi connectivity index (χ0v) is 15.4. The molecule has 2 aliphatic rings. The van der Waals surface area contributed by atoms with E-state index < -0.39 is 35.5 Å². The smallest absolute Gasteiger partial charge is 0.274 e. The largest absolute Gasteiger partial charge is 0.507 e. The Morgan fingerprint density at radius 1 is 1.23 bits per heavy atom. The van der Waals surface area contributed by atoms with Crippen molar-refractivity contribution in [2.24, 2.45) is 0 Å². The minimum absolute atomic E-state index is 0.0484. The van der Waals surface area contributed by atoms with Gasteiger partial charge in [0.1, 0.15) is 17.5 Å². The van der Waals surface area contributed by atoms with Crippen molar-refractivity contribution in [1.82, 2.24) is 4.90 Å². The number of nitrogens with zero attached hydrogens (tertiary/aromatic N) is 1. The third-order valence-corrected chi connectivity index (χ3v) is 5.82. The van der Waals surface area contributed by atoms with Crippen molar-refractivity contribution < 1.29 is 35.1 Å². The van der Waals surface area contributed by atoms with Gasteiger partial charge >= 0.3 is 0 Å². The number of ether oxygens (including phenoxy) is 1. The molecule has 8 heteroatoms. The van der Waals surface area contributed by atoms with E-state index in [0.717, 1.165) is 4.90 Å². The van der Waals surface area contributed by atoms with Crippen LogP contribution in [0.4, 0.5) is 0 Å². The van der Waals surface area contributed by atoms with E-state index in [1.165, 1.54) is 20.0 Å². The Hall–Kier alpha value is -1.87. The number of hydrogen-bond acceptors (Lipinski definition) is 7. The van der Waals surface area contributed by atoms with Gasteiger partial charge in [0.15, 0.2) is 0 Å². The topological polar surface area (TPSA) is 131 Å². The van der Waals surface area contributed by atoms with Gasteiger partial charge in [0.2, 0.25) is 5.60 Å². The lowest BCUT2D eigenvalue weighted by molar-refractivity contribution is -0.240. The van der Waals surface area contributed by atoms with Gasteiger partial charge in [0, 0.05) is 13.0 Å². The van der Waals surface area contributed by atoms with Crippen molar-refractivity contribution >= 4 is 5.91 Å². The van der Waals surface area contributed by atoms with Crippen LogP contribution in [0, 0.1) is 6.92 Å². The lowest BCUT2D eigenvalue weighted by atomic mass is 9.82. The average molecular weight is 367 g/mol. The van der Waals surface area contributed by atoms with Crippen LogP contribution in [0.2, 0.25) is 0 Å². The highest BCUT2D eigenvalue weighted by Crippen LogP contribution is 2.58. The molecule has 1 aromatic carbocycles. The van der Waals surface area contributed by atoms with Gasteiger partial charge < -0.3 is 35.2 Å². The van der Waals surface area contributed by atoms with Crippen LogP contribution in [0.1, 0.15) is 43.4 Å². The van der Waals surface area contributed by atoms with Crippen molar-refractivity contribution in [2.75, 3.05) is 7.05 Å². The highest BCUT2D eigenvalue weighted by molar-refractivity contribution is 5.94. The van der Waals surface area contributed by atoms with Gasteiger partial charge in [-0.25, -0.2) is 0 Å². The molecule has 3 rings (SSSR count). The van der Waals surface area contributed by atoms with Crippen LogP contribution in [0.15, 0.2) is 6.07 Å². The number of benzene rings is 1. The Morgan fingerprint density at radius 2 is 1.81 bits per heavy atom. The summed E-state index contributed by atoms with van der Waals surface area (Å²) in [5.41, 5.74) is -1.83. The first-order valence-corrected chi connectivity index (χ1v) is 8.53. The number of aliphatic hydroxyl groups excluding tert-OH is 2. The first kappa shape index (κ1) is 18.9. The van der Waals surface area contributed by atoms with Gasteiger partial charge in [0.05, 0.1) is 17.8 Å². The van der Waals surface area contributed by atoms with E-state index >= 15 is 0 Å². The van der Waals surface area contributed by atoms with Crippen molar-refractivity contribution in [1.29, 1.82) is 0 Å². The second-order valence-corrected chi connectivity index (χ2v) is 7.45. The van der Waals surface area contributed by atoms with Crippen molar-refractivity contribution in [3.8, 4) is 11.5 Å². The number of hydrogen-bond donors (Lipinski definition) is 5. The molecule has 1 amide bonds. The summed E-state index contributed by atoms with van der Waals surface area (Å²) in [5, 5.41) is 52.9. The van der Waals surface area contributed by atoms with Crippen LogP contribution in [-0.4, -0.2) is 67.4 Å². The van der Waals surface area contributed by atoms with Crippen molar-refractivity contribution in [2.45, 2.75) is 63.3 Å². The SMILES string of the molecule is Cc1c([C@H](C)[C@@H](C)O)cc2c(c1O)[C@@]1(O)C(=O)N(C)[C@@H]([C@@H](C)O)[C@]1(O)O2. The number of aromatic hydroxyl groups is 1. The molecule has 6 atom stereocenters. The predicted octanol–water partition coefficient (Wildman–Crippen LogP) is -0.325. The summed E-state index contributed by atoms with van der Waals surface area (Å²) in [6.07, 6.45) is -1.91. The molecule has 144 valence electrons.